The molecule has 2 fully saturated rings. The summed E-state index contributed by atoms with van der Waals surface area (Å²) in [5, 5.41) is 8.95. The van der Waals surface area contributed by atoms with Gasteiger partial charge in [0.1, 0.15) is 0 Å². The second-order valence-corrected chi connectivity index (χ2v) is 6.08. The van der Waals surface area contributed by atoms with Crippen molar-refractivity contribution < 1.29 is 19.4 Å². The minimum Gasteiger partial charge on any atom is -0.481 e. The molecule has 2 atom stereocenters. The molecule has 6 heteroatoms. The van der Waals surface area contributed by atoms with E-state index < -0.39 is 5.97 Å². The van der Waals surface area contributed by atoms with Crippen molar-refractivity contribution in [1.82, 2.24) is 9.80 Å². The van der Waals surface area contributed by atoms with Crippen LogP contribution in [0.5, 0.6) is 0 Å². The van der Waals surface area contributed by atoms with Gasteiger partial charge in [-0.15, -0.1) is 0 Å². The number of carbonyl (C=O) groups excluding carboxylic acids is 1. The lowest BCUT2D eigenvalue weighted by Gasteiger charge is -2.41. The number of nitrogens with zero attached hydrogens (tertiary/aromatic N) is 2. The number of rotatable bonds is 6. The first-order valence-electron chi connectivity index (χ1n) is 7.84. The molecule has 2 aliphatic heterocycles. The molecule has 0 aromatic carbocycles. The van der Waals surface area contributed by atoms with Crippen molar-refractivity contribution in [3.05, 3.63) is 0 Å². The van der Waals surface area contributed by atoms with Gasteiger partial charge >= 0.3 is 12.0 Å². The number of ether oxygens (including phenoxy) is 1. The van der Waals surface area contributed by atoms with Crippen molar-refractivity contribution in [2.24, 2.45) is 5.92 Å². The van der Waals surface area contributed by atoms with Gasteiger partial charge in [0, 0.05) is 38.7 Å². The lowest BCUT2D eigenvalue weighted by atomic mass is 9.88. The molecule has 2 saturated heterocycles. The number of fused-ring (bicyclic) bond motifs is 2. The van der Waals surface area contributed by atoms with Gasteiger partial charge < -0.3 is 19.6 Å². The highest BCUT2D eigenvalue weighted by atomic mass is 16.5. The molecule has 120 valence electrons. The van der Waals surface area contributed by atoms with E-state index in [1.807, 2.05) is 16.7 Å². The third-order valence-electron chi connectivity index (χ3n) is 4.73. The number of carboxylic acids is 1. The van der Waals surface area contributed by atoms with Gasteiger partial charge in [-0.2, -0.15) is 0 Å². The van der Waals surface area contributed by atoms with E-state index in [4.69, 9.17) is 9.84 Å². The van der Waals surface area contributed by atoms with E-state index in [-0.39, 0.29) is 30.5 Å². The van der Waals surface area contributed by atoms with Crippen LogP contribution in [0.4, 0.5) is 4.79 Å². The third-order valence-corrected chi connectivity index (χ3v) is 4.73. The third kappa shape index (κ3) is 3.67. The minimum atomic E-state index is -0.727. The highest BCUT2D eigenvalue weighted by molar-refractivity contribution is 5.76. The highest BCUT2D eigenvalue weighted by Crippen LogP contribution is 2.40. The molecule has 0 radical (unpaired) electrons. The van der Waals surface area contributed by atoms with E-state index in [0.29, 0.717) is 19.7 Å². The molecule has 0 spiro atoms. The Morgan fingerprint density at radius 2 is 1.90 bits per heavy atom. The number of hydrogen-bond donors (Lipinski definition) is 1. The van der Waals surface area contributed by atoms with E-state index in [1.54, 1.807) is 7.11 Å². The minimum absolute atomic E-state index is 0.0934. The van der Waals surface area contributed by atoms with Crippen LogP contribution in [-0.2, 0) is 9.53 Å². The maximum atomic E-state index is 12.7. The molecule has 2 unspecified atom stereocenters. The van der Waals surface area contributed by atoms with Crippen LogP contribution in [0, 0.1) is 5.92 Å². The van der Waals surface area contributed by atoms with E-state index in [0.717, 1.165) is 25.7 Å². The van der Waals surface area contributed by atoms with Crippen molar-refractivity contribution in [3.63, 3.8) is 0 Å². The van der Waals surface area contributed by atoms with Crippen LogP contribution in [0.2, 0.25) is 0 Å². The smallest absolute Gasteiger partial charge is 0.320 e. The summed E-state index contributed by atoms with van der Waals surface area (Å²) in [5.74, 6) is -0.507. The van der Waals surface area contributed by atoms with Gasteiger partial charge in [-0.25, -0.2) is 4.79 Å². The summed E-state index contributed by atoms with van der Waals surface area (Å²) >= 11 is 0. The molecule has 0 saturated carbocycles. The predicted molar refractivity (Wildman–Crippen MR) is 78.1 cm³/mol. The zero-order valence-electron chi connectivity index (χ0n) is 13.0. The first-order chi connectivity index (χ1) is 10.1. The zero-order valence-corrected chi connectivity index (χ0v) is 13.0. The molecule has 0 aromatic heterocycles. The van der Waals surface area contributed by atoms with Crippen molar-refractivity contribution in [2.75, 3.05) is 26.8 Å². The number of piperidine rings is 1. The molecule has 0 aromatic rings. The maximum absolute atomic E-state index is 12.7. The number of urea groups is 1. The van der Waals surface area contributed by atoms with Gasteiger partial charge in [-0.1, -0.05) is 0 Å². The second-order valence-electron chi connectivity index (χ2n) is 6.08. The topological polar surface area (TPSA) is 70.1 Å². The fourth-order valence-corrected chi connectivity index (χ4v) is 3.77. The van der Waals surface area contributed by atoms with Crippen LogP contribution in [0.1, 0.15) is 39.0 Å². The number of carboxylic acid groups (broad SMARTS) is 1. The Hall–Kier alpha value is -1.30. The lowest BCUT2D eigenvalue weighted by molar-refractivity contribution is -0.138. The Kier molecular flexibility index (Phi) is 5.45. The molecule has 6 nitrogen and oxygen atoms in total. The number of aliphatic carboxylic acids is 1. The fourth-order valence-electron chi connectivity index (χ4n) is 3.77. The Morgan fingerprint density at radius 1 is 1.29 bits per heavy atom. The van der Waals surface area contributed by atoms with Gasteiger partial charge in [0.15, 0.2) is 0 Å². The van der Waals surface area contributed by atoms with E-state index >= 15 is 0 Å². The summed E-state index contributed by atoms with van der Waals surface area (Å²) < 4.78 is 5.06. The molecular formula is C15H26N2O4. The first kappa shape index (κ1) is 16.1. The SMILES string of the molecule is CCN(CCOC)C(=O)N1C2CCC1CC(CC(=O)O)C2. The molecule has 0 aliphatic carbocycles. The summed E-state index contributed by atoms with van der Waals surface area (Å²) in [6, 6.07) is 0.533. The Labute approximate surface area is 126 Å². The molecule has 1 N–H and O–H groups in total. The van der Waals surface area contributed by atoms with E-state index in [9.17, 15) is 9.59 Å². The number of methoxy groups -OCH3 is 1. The molecule has 21 heavy (non-hydrogen) atoms. The largest absolute Gasteiger partial charge is 0.481 e. The maximum Gasteiger partial charge on any atom is 0.320 e. The number of amides is 2. The average molecular weight is 298 g/mol. The van der Waals surface area contributed by atoms with Crippen molar-refractivity contribution in [1.29, 1.82) is 0 Å². The number of hydrogen-bond acceptors (Lipinski definition) is 3. The normalized spacial score (nSPS) is 27.7. The van der Waals surface area contributed by atoms with Crippen molar-refractivity contribution in [3.8, 4) is 0 Å². The predicted octanol–water partition coefficient (Wildman–Crippen LogP) is 1.79. The van der Waals surface area contributed by atoms with Crippen molar-refractivity contribution >= 4 is 12.0 Å². The number of carbonyl (C=O) groups is 2. The van der Waals surface area contributed by atoms with Crippen LogP contribution < -0.4 is 0 Å². The van der Waals surface area contributed by atoms with Crippen LogP contribution in [0.3, 0.4) is 0 Å². The molecule has 2 bridgehead atoms. The fraction of sp³-hybridized carbons (Fsp3) is 0.867. The summed E-state index contributed by atoms with van der Waals surface area (Å²) in [7, 11) is 1.64. The van der Waals surface area contributed by atoms with Crippen LogP contribution in [0.25, 0.3) is 0 Å². The van der Waals surface area contributed by atoms with Crippen LogP contribution in [-0.4, -0.2) is 65.8 Å². The monoisotopic (exact) mass is 298 g/mol. The van der Waals surface area contributed by atoms with Gasteiger partial charge in [-0.05, 0) is 38.5 Å². The second kappa shape index (κ2) is 7.11. The quantitative estimate of drug-likeness (QED) is 0.811. The molecule has 2 heterocycles. The molecule has 2 rings (SSSR count). The lowest BCUT2D eigenvalue weighted by Crippen LogP contribution is -2.53. The summed E-state index contributed by atoms with van der Waals surface area (Å²) in [4.78, 5) is 27.4. The van der Waals surface area contributed by atoms with Gasteiger partial charge in [0.2, 0.25) is 0 Å². The average Bonchev–Trinajstić information content (AvgIpc) is 2.70. The summed E-state index contributed by atoms with van der Waals surface area (Å²) in [6.45, 7) is 3.81. The van der Waals surface area contributed by atoms with E-state index in [1.165, 1.54) is 0 Å². The molecule has 2 aliphatic rings. The van der Waals surface area contributed by atoms with Gasteiger partial charge in [0.05, 0.1) is 6.61 Å². The van der Waals surface area contributed by atoms with Gasteiger partial charge in [0.25, 0.3) is 0 Å². The standard InChI is InChI=1S/C15H26N2O4/c1-3-16(6-7-21-2)15(20)17-12-4-5-13(17)9-11(8-12)10-14(18)19/h11-13H,3-10H2,1-2H3,(H,18,19). The van der Waals surface area contributed by atoms with Crippen LogP contribution in [0.15, 0.2) is 0 Å². The number of likely N-dealkylation sites (N-methyl/N-ethyl adjacent to an activating group) is 1. The Balaban J connectivity index is 1.98. The molecule has 2 amide bonds. The Bertz CT molecular complexity index is 374. The van der Waals surface area contributed by atoms with Gasteiger partial charge in [-0.3, -0.25) is 4.79 Å². The first-order valence-corrected chi connectivity index (χ1v) is 7.84. The summed E-state index contributed by atoms with van der Waals surface area (Å²) in [6.07, 6.45) is 3.91. The zero-order chi connectivity index (χ0) is 15.4. The van der Waals surface area contributed by atoms with Crippen molar-refractivity contribution in [2.45, 2.75) is 51.1 Å². The molecular weight excluding hydrogens is 272 g/mol. The Morgan fingerprint density at radius 3 is 2.38 bits per heavy atom. The van der Waals surface area contributed by atoms with E-state index in [2.05, 4.69) is 0 Å². The summed E-state index contributed by atoms with van der Waals surface area (Å²) in [5.41, 5.74) is 0. The van der Waals surface area contributed by atoms with Crippen LogP contribution >= 0.6 is 0 Å². The highest BCUT2D eigenvalue weighted by Gasteiger charge is 2.44.